The van der Waals surface area contributed by atoms with Crippen molar-refractivity contribution in [3.05, 3.63) is 77.6 Å². The van der Waals surface area contributed by atoms with Crippen molar-refractivity contribution < 1.29 is 13.9 Å². The van der Waals surface area contributed by atoms with Gasteiger partial charge in [-0.1, -0.05) is 61.5 Å². The van der Waals surface area contributed by atoms with E-state index >= 15 is 0 Å². The molecule has 4 heteroatoms. The monoisotopic (exact) mass is 367 g/mol. The van der Waals surface area contributed by atoms with Crippen molar-refractivity contribution in [2.75, 3.05) is 19.6 Å². The minimum absolute atomic E-state index is 0.150. The molecular weight excluding hydrogens is 341 g/mol. The van der Waals surface area contributed by atoms with Crippen LogP contribution in [0.3, 0.4) is 0 Å². The molecule has 2 aromatic rings. The number of esters is 1. The minimum atomic E-state index is -0.522. The van der Waals surface area contributed by atoms with Gasteiger partial charge in [-0.3, -0.25) is 9.69 Å². The van der Waals surface area contributed by atoms with Crippen LogP contribution in [-0.4, -0.2) is 30.5 Å². The lowest BCUT2D eigenvalue weighted by Gasteiger charge is -2.41. The lowest BCUT2D eigenvalue weighted by molar-refractivity contribution is -0.166. The van der Waals surface area contributed by atoms with Gasteiger partial charge in [-0.05, 0) is 23.3 Å². The zero-order chi connectivity index (χ0) is 19.1. The van der Waals surface area contributed by atoms with E-state index in [4.69, 9.17) is 4.74 Å². The van der Waals surface area contributed by atoms with Gasteiger partial charge < -0.3 is 4.74 Å². The number of piperidine rings is 1. The summed E-state index contributed by atoms with van der Waals surface area (Å²) >= 11 is 0. The summed E-state index contributed by atoms with van der Waals surface area (Å²) in [6.45, 7) is 4.37. The minimum Gasteiger partial charge on any atom is -0.454 e. The third-order valence-electron chi connectivity index (χ3n) is 5.11. The van der Waals surface area contributed by atoms with Gasteiger partial charge in [0.05, 0.1) is 0 Å². The Morgan fingerprint density at radius 1 is 1.11 bits per heavy atom. The van der Waals surface area contributed by atoms with Gasteiger partial charge in [0.1, 0.15) is 11.4 Å². The summed E-state index contributed by atoms with van der Waals surface area (Å²) in [4.78, 5) is 14.4. The molecule has 1 fully saturated rings. The Bertz CT molecular complexity index is 763. The van der Waals surface area contributed by atoms with E-state index in [0.717, 1.165) is 43.6 Å². The fourth-order valence-electron chi connectivity index (χ4n) is 3.49. The molecular formula is C23H26FNO2. The normalized spacial score (nSPS) is 17.1. The Kier molecular flexibility index (Phi) is 6.40. The lowest BCUT2D eigenvalue weighted by Crippen LogP contribution is -2.45. The molecule has 0 N–H and O–H groups in total. The number of hydrogen-bond donors (Lipinski definition) is 0. The second-order valence-corrected chi connectivity index (χ2v) is 6.94. The van der Waals surface area contributed by atoms with Gasteiger partial charge in [-0.2, -0.15) is 0 Å². The number of rotatable bonds is 6. The van der Waals surface area contributed by atoms with Crippen LogP contribution in [0.5, 0.6) is 0 Å². The molecule has 0 aromatic heterocycles. The average Bonchev–Trinajstić information content (AvgIpc) is 2.71. The van der Waals surface area contributed by atoms with Crippen molar-refractivity contribution in [3.63, 3.8) is 0 Å². The Morgan fingerprint density at radius 3 is 2.41 bits per heavy atom. The van der Waals surface area contributed by atoms with Gasteiger partial charge in [-0.25, -0.2) is 4.39 Å². The molecule has 27 heavy (non-hydrogen) atoms. The number of likely N-dealkylation sites (tertiary alicyclic amines) is 1. The molecule has 1 aliphatic heterocycles. The van der Waals surface area contributed by atoms with Crippen LogP contribution in [0.2, 0.25) is 0 Å². The molecule has 2 aromatic carbocycles. The quantitative estimate of drug-likeness (QED) is 0.688. The highest BCUT2D eigenvalue weighted by atomic mass is 19.1. The Morgan fingerprint density at radius 2 is 1.78 bits per heavy atom. The summed E-state index contributed by atoms with van der Waals surface area (Å²) in [5.74, 6) is -0.370. The number of ether oxygens (including phenoxy) is 1. The van der Waals surface area contributed by atoms with Gasteiger partial charge in [-0.15, -0.1) is 0 Å². The van der Waals surface area contributed by atoms with E-state index in [1.807, 2.05) is 43.3 Å². The number of carbonyl (C=O) groups is 1. The van der Waals surface area contributed by atoms with Crippen molar-refractivity contribution in [2.45, 2.75) is 31.8 Å². The number of benzene rings is 2. The van der Waals surface area contributed by atoms with E-state index in [-0.39, 0.29) is 11.8 Å². The molecule has 0 spiro atoms. The smallest absolute Gasteiger partial charge is 0.306 e. The standard InChI is InChI=1S/C23H26FNO2/c1-2-22(26)27-23(20-8-4-3-5-9-20)14-17-25(18-15-23)16-6-7-19-10-12-21(24)13-11-19/h3-13H,2,14-18H2,1H3. The van der Waals surface area contributed by atoms with Crippen LogP contribution in [0.1, 0.15) is 37.3 Å². The van der Waals surface area contributed by atoms with Crippen LogP contribution in [0.15, 0.2) is 60.7 Å². The Hall–Kier alpha value is -2.46. The van der Waals surface area contributed by atoms with Gasteiger partial charge in [0.25, 0.3) is 0 Å². The first kappa shape index (κ1) is 19.3. The van der Waals surface area contributed by atoms with E-state index in [1.165, 1.54) is 12.1 Å². The summed E-state index contributed by atoms with van der Waals surface area (Å²) in [6.07, 6.45) is 6.06. The second-order valence-electron chi connectivity index (χ2n) is 6.94. The van der Waals surface area contributed by atoms with E-state index < -0.39 is 5.60 Å². The summed E-state index contributed by atoms with van der Waals surface area (Å²) in [6, 6.07) is 16.5. The average molecular weight is 367 g/mol. The number of nitrogens with zero attached hydrogens (tertiary/aromatic N) is 1. The molecule has 0 saturated carbocycles. The predicted octanol–water partition coefficient (Wildman–Crippen LogP) is 4.78. The third kappa shape index (κ3) is 5.04. The molecule has 0 amide bonds. The van der Waals surface area contributed by atoms with Crippen LogP contribution < -0.4 is 0 Å². The van der Waals surface area contributed by atoms with Crippen LogP contribution in [0.25, 0.3) is 6.08 Å². The Labute approximate surface area is 160 Å². The van der Waals surface area contributed by atoms with Gasteiger partial charge in [0.2, 0.25) is 0 Å². The molecule has 0 atom stereocenters. The van der Waals surface area contributed by atoms with Crippen molar-refractivity contribution >= 4 is 12.0 Å². The van der Waals surface area contributed by atoms with Gasteiger partial charge in [0, 0.05) is 38.9 Å². The molecule has 142 valence electrons. The van der Waals surface area contributed by atoms with Gasteiger partial charge >= 0.3 is 5.97 Å². The third-order valence-corrected chi connectivity index (χ3v) is 5.11. The second kappa shape index (κ2) is 8.96. The van der Waals surface area contributed by atoms with E-state index in [9.17, 15) is 9.18 Å². The van der Waals surface area contributed by atoms with E-state index in [0.29, 0.717) is 6.42 Å². The maximum atomic E-state index is 13.0. The first-order valence-electron chi connectivity index (χ1n) is 9.53. The summed E-state index contributed by atoms with van der Waals surface area (Å²) in [7, 11) is 0. The van der Waals surface area contributed by atoms with Gasteiger partial charge in [0.15, 0.2) is 0 Å². The summed E-state index contributed by atoms with van der Waals surface area (Å²) < 4.78 is 18.9. The van der Waals surface area contributed by atoms with Crippen molar-refractivity contribution in [2.24, 2.45) is 0 Å². The number of halogens is 1. The number of hydrogen-bond acceptors (Lipinski definition) is 3. The van der Waals surface area contributed by atoms with Crippen molar-refractivity contribution in [1.29, 1.82) is 0 Å². The highest BCUT2D eigenvalue weighted by Crippen LogP contribution is 2.37. The molecule has 3 rings (SSSR count). The van der Waals surface area contributed by atoms with Crippen LogP contribution in [0.4, 0.5) is 4.39 Å². The van der Waals surface area contributed by atoms with Crippen molar-refractivity contribution in [3.8, 4) is 0 Å². The van der Waals surface area contributed by atoms with E-state index in [1.54, 1.807) is 12.1 Å². The highest BCUT2D eigenvalue weighted by molar-refractivity contribution is 5.69. The van der Waals surface area contributed by atoms with Crippen LogP contribution in [0, 0.1) is 5.82 Å². The molecule has 0 aliphatic carbocycles. The van der Waals surface area contributed by atoms with Crippen molar-refractivity contribution in [1.82, 2.24) is 4.90 Å². The van der Waals surface area contributed by atoms with Crippen LogP contribution >= 0.6 is 0 Å². The fraction of sp³-hybridized carbons (Fsp3) is 0.348. The molecule has 1 saturated heterocycles. The molecule has 1 aliphatic rings. The maximum Gasteiger partial charge on any atom is 0.306 e. The summed E-state index contributed by atoms with van der Waals surface area (Å²) in [5, 5.41) is 0. The topological polar surface area (TPSA) is 29.5 Å². The maximum absolute atomic E-state index is 13.0. The van der Waals surface area contributed by atoms with E-state index in [2.05, 4.69) is 11.0 Å². The predicted molar refractivity (Wildman–Crippen MR) is 106 cm³/mol. The van der Waals surface area contributed by atoms with Crippen LogP contribution in [-0.2, 0) is 15.1 Å². The molecule has 1 heterocycles. The fourth-order valence-corrected chi connectivity index (χ4v) is 3.49. The zero-order valence-corrected chi connectivity index (χ0v) is 15.7. The Balaban J connectivity index is 1.62. The molecule has 0 radical (unpaired) electrons. The molecule has 0 bridgehead atoms. The number of carbonyl (C=O) groups excluding carboxylic acids is 1. The molecule has 0 unspecified atom stereocenters. The first-order valence-corrected chi connectivity index (χ1v) is 9.53. The molecule has 3 nitrogen and oxygen atoms in total. The zero-order valence-electron chi connectivity index (χ0n) is 15.7. The lowest BCUT2D eigenvalue weighted by atomic mass is 9.84. The summed E-state index contributed by atoms with van der Waals surface area (Å²) in [5.41, 5.74) is 1.54. The SMILES string of the molecule is CCC(=O)OC1(c2ccccc2)CCN(CC=Cc2ccc(F)cc2)CC1. The highest BCUT2D eigenvalue weighted by Gasteiger charge is 2.39. The largest absolute Gasteiger partial charge is 0.454 e. The first-order chi connectivity index (χ1) is 13.1.